The van der Waals surface area contributed by atoms with Crippen LogP contribution in [0.1, 0.15) is 15.9 Å². The lowest BCUT2D eigenvalue weighted by atomic mass is 10.2. The quantitative estimate of drug-likeness (QED) is 0.360. The second-order valence-electron chi connectivity index (χ2n) is 7.52. The van der Waals surface area contributed by atoms with Crippen molar-refractivity contribution in [3.63, 3.8) is 0 Å². The van der Waals surface area contributed by atoms with Gasteiger partial charge in [0, 0.05) is 17.3 Å². The largest absolute Gasteiger partial charge is 0.497 e. The molecule has 5 rings (SSSR count). The smallest absolute Gasteiger partial charge is 0.256 e. The number of amides is 1. The summed E-state index contributed by atoms with van der Waals surface area (Å²) in [6.07, 6.45) is 3.52. The number of fused-ring (bicyclic) bond motifs is 1. The Balaban J connectivity index is 1.55. The molecule has 0 bridgehead atoms. The highest BCUT2D eigenvalue weighted by atomic mass is 35.5. The van der Waals surface area contributed by atoms with Crippen LogP contribution >= 0.6 is 11.6 Å². The van der Waals surface area contributed by atoms with Crippen LogP contribution < -0.4 is 14.7 Å². The molecule has 9 heteroatoms. The number of hydrogen-bond acceptors (Lipinski definition) is 5. The van der Waals surface area contributed by atoms with Gasteiger partial charge in [-0.2, -0.15) is 0 Å². The molecule has 0 radical (unpaired) electrons. The Hall–Kier alpha value is -4.30. The molecule has 2 aromatic carbocycles. The maximum atomic E-state index is 13.0. The van der Waals surface area contributed by atoms with Gasteiger partial charge in [0.25, 0.3) is 5.91 Å². The number of aromatic amines is 1. The Morgan fingerprint density at radius 1 is 1.06 bits per heavy atom. The van der Waals surface area contributed by atoms with Crippen molar-refractivity contribution >= 4 is 34.4 Å². The Kier molecular flexibility index (Phi) is 5.88. The first-order valence-electron chi connectivity index (χ1n) is 10.5. The Morgan fingerprint density at radius 2 is 1.85 bits per heavy atom. The summed E-state index contributed by atoms with van der Waals surface area (Å²) in [5.74, 6) is 1.14. The third kappa shape index (κ3) is 4.44. The number of halogens is 1. The van der Waals surface area contributed by atoms with E-state index in [1.807, 2.05) is 53.3 Å². The number of nitrogens with zero attached hydrogens (tertiary/aromatic N) is 4. The van der Waals surface area contributed by atoms with Gasteiger partial charge in [0.2, 0.25) is 11.8 Å². The molecule has 0 spiro atoms. The normalized spacial score (nSPS) is 10.9. The van der Waals surface area contributed by atoms with E-state index in [0.717, 1.165) is 5.56 Å². The molecule has 5 aromatic rings. The molecule has 34 heavy (non-hydrogen) atoms. The average Bonchev–Trinajstić information content (AvgIpc) is 3.29. The van der Waals surface area contributed by atoms with Gasteiger partial charge in [-0.05, 0) is 42.5 Å². The standard InChI is InChI=1S/C25H19ClN6O2/c1-34-18-11-9-16(10-12-18)25(33)30-22-19-15-32(14-17-6-2-3-7-20(17)26)31-23(19)29-24(28-22)21-8-4-5-13-27-21/h2-13,15H,14H2,1H3,(H,28,29,30,31,33)/p+1. The van der Waals surface area contributed by atoms with Gasteiger partial charge < -0.3 is 10.1 Å². The Morgan fingerprint density at radius 3 is 2.59 bits per heavy atom. The van der Waals surface area contributed by atoms with Crippen molar-refractivity contribution in [3.8, 4) is 17.3 Å². The Bertz CT molecular complexity index is 1470. The van der Waals surface area contributed by atoms with Gasteiger partial charge in [-0.25, -0.2) is 9.97 Å². The molecule has 0 aliphatic carbocycles. The minimum Gasteiger partial charge on any atom is -0.497 e. The number of pyridine rings is 1. The van der Waals surface area contributed by atoms with Gasteiger partial charge in [-0.15, -0.1) is 9.78 Å². The fourth-order valence-corrected chi connectivity index (χ4v) is 3.72. The number of nitrogens with one attached hydrogen (secondary N) is 2. The Labute approximate surface area is 200 Å². The van der Waals surface area contributed by atoms with E-state index >= 15 is 0 Å². The number of anilines is 1. The second-order valence-corrected chi connectivity index (χ2v) is 7.92. The molecule has 2 N–H and O–H groups in total. The molecule has 1 amide bonds. The molecule has 0 aliphatic rings. The molecule has 168 valence electrons. The van der Waals surface area contributed by atoms with E-state index in [0.29, 0.717) is 51.2 Å². The first-order chi connectivity index (χ1) is 16.6. The van der Waals surface area contributed by atoms with Crippen molar-refractivity contribution in [2.24, 2.45) is 0 Å². The molecule has 3 heterocycles. The summed E-state index contributed by atoms with van der Waals surface area (Å²) in [6, 6.07) is 20.0. The highest BCUT2D eigenvalue weighted by molar-refractivity contribution is 6.31. The fourth-order valence-electron chi connectivity index (χ4n) is 3.52. The topological polar surface area (TPSA) is 96.7 Å². The molecular formula is C25H20ClN6O2+. The lowest BCUT2D eigenvalue weighted by Crippen LogP contribution is -2.35. The molecule has 0 unspecified atom stereocenters. The van der Waals surface area contributed by atoms with Crippen molar-refractivity contribution < 1.29 is 14.2 Å². The predicted molar refractivity (Wildman–Crippen MR) is 129 cm³/mol. The molecular weight excluding hydrogens is 452 g/mol. The average molecular weight is 472 g/mol. The third-order valence-corrected chi connectivity index (χ3v) is 5.63. The lowest BCUT2D eigenvalue weighted by molar-refractivity contribution is -0.740. The van der Waals surface area contributed by atoms with E-state index in [4.69, 9.17) is 16.3 Å². The van der Waals surface area contributed by atoms with E-state index < -0.39 is 0 Å². The summed E-state index contributed by atoms with van der Waals surface area (Å²) in [4.78, 5) is 26.6. The minimum absolute atomic E-state index is 0.298. The monoisotopic (exact) mass is 471 g/mol. The predicted octanol–water partition coefficient (Wildman–Crippen LogP) is 4.27. The van der Waals surface area contributed by atoms with E-state index in [2.05, 4.69) is 25.4 Å². The summed E-state index contributed by atoms with van der Waals surface area (Å²) >= 11 is 6.34. The second kappa shape index (κ2) is 9.29. The molecule has 0 aliphatic heterocycles. The number of rotatable bonds is 6. The van der Waals surface area contributed by atoms with Gasteiger partial charge in [-0.3, -0.25) is 9.78 Å². The van der Waals surface area contributed by atoms with Crippen LogP contribution in [-0.2, 0) is 6.54 Å². The lowest BCUT2D eigenvalue weighted by Gasteiger charge is -2.07. The SMILES string of the molecule is COc1ccc(C(=O)Nc2nc(-c3ccccn3)nc3[nH][n+](Cc4ccccc4Cl)cc23)cc1. The molecule has 0 atom stereocenters. The van der Waals surface area contributed by atoms with Crippen LogP contribution in [0.4, 0.5) is 5.82 Å². The van der Waals surface area contributed by atoms with Crippen LogP contribution in [0, 0.1) is 0 Å². The van der Waals surface area contributed by atoms with E-state index in [9.17, 15) is 4.79 Å². The van der Waals surface area contributed by atoms with Crippen molar-refractivity contribution in [2.45, 2.75) is 6.54 Å². The molecule has 0 saturated heterocycles. The zero-order chi connectivity index (χ0) is 23.5. The number of aromatic nitrogens is 5. The van der Waals surface area contributed by atoms with Gasteiger partial charge in [0.15, 0.2) is 18.2 Å². The van der Waals surface area contributed by atoms with Crippen molar-refractivity contribution in [3.05, 3.63) is 95.3 Å². The maximum Gasteiger partial charge on any atom is 0.256 e. The number of hydrogen-bond donors (Lipinski definition) is 2. The summed E-state index contributed by atoms with van der Waals surface area (Å²) < 4.78 is 7.03. The van der Waals surface area contributed by atoms with Crippen LogP contribution in [0.3, 0.4) is 0 Å². The van der Waals surface area contributed by atoms with E-state index in [-0.39, 0.29) is 5.91 Å². The minimum atomic E-state index is -0.298. The summed E-state index contributed by atoms with van der Waals surface area (Å²) in [5, 5.41) is 7.51. The van der Waals surface area contributed by atoms with E-state index in [1.54, 1.807) is 37.6 Å². The van der Waals surface area contributed by atoms with Gasteiger partial charge in [0.05, 0.1) is 12.1 Å². The van der Waals surface area contributed by atoms with Crippen LogP contribution in [0.15, 0.2) is 79.1 Å². The van der Waals surface area contributed by atoms with Crippen LogP contribution in [0.25, 0.3) is 22.6 Å². The maximum absolute atomic E-state index is 13.0. The number of carbonyl (C=O) groups is 1. The number of methoxy groups -OCH3 is 1. The number of ether oxygens (including phenoxy) is 1. The van der Waals surface area contributed by atoms with Crippen molar-refractivity contribution in [1.82, 2.24) is 20.1 Å². The third-order valence-electron chi connectivity index (χ3n) is 5.26. The van der Waals surface area contributed by atoms with Gasteiger partial charge in [-0.1, -0.05) is 35.9 Å². The number of carbonyl (C=O) groups excluding carboxylic acids is 1. The summed E-state index contributed by atoms with van der Waals surface area (Å²) in [6.45, 7) is 0.501. The number of H-pyrrole nitrogens is 1. The van der Waals surface area contributed by atoms with Crippen LogP contribution in [-0.4, -0.2) is 33.1 Å². The summed E-state index contributed by atoms with van der Waals surface area (Å²) in [5.41, 5.74) is 2.58. The van der Waals surface area contributed by atoms with E-state index in [1.165, 1.54) is 0 Å². The molecule has 0 saturated carbocycles. The molecule has 3 aromatic heterocycles. The van der Waals surface area contributed by atoms with Crippen LogP contribution in [0.2, 0.25) is 5.02 Å². The van der Waals surface area contributed by atoms with Crippen LogP contribution in [0.5, 0.6) is 5.75 Å². The van der Waals surface area contributed by atoms with Crippen molar-refractivity contribution in [1.29, 1.82) is 0 Å². The fraction of sp³-hybridized carbons (Fsp3) is 0.0800. The van der Waals surface area contributed by atoms with Gasteiger partial charge in [0.1, 0.15) is 16.8 Å². The summed E-state index contributed by atoms with van der Waals surface area (Å²) in [7, 11) is 1.58. The van der Waals surface area contributed by atoms with Crippen molar-refractivity contribution in [2.75, 3.05) is 12.4 Å². The first kappa shape index (κ1) is 21.5. The highest BCUT2D eigenvalue weighted by Crippen LogP contribution is 2.23. The van der Waals surface area contributed by atoms with Gasteiger partial charge >= 0.3 is 0 Å². The molecule has 0 fully saturated rings. The zero-order valence-electron chi connectivity index (χ0n) is 18.2. The molecule has 8 nitrogen and oxygen atoms in total. The first-order valence-corrected chi connectivity index (χ1v) is 10.9. The zero-order valence-corrected chi connectivity index (χ0v) is 19.0. The highest BCUT2D eigenvalue weighted by Gasteiger charge is 2.20. The number of benzene rings is 2.